The van der Waals surface area contributed by atoms with Crippen molar-refractivity contribution < 1.29 is 9.53 Å². The number of carbonyl (C=O) groups is 1. The van der Waals surface area contributed by atoms with E-state index in [0.29, 0.717) is 4.99 Å². The number of ether oxygens (including phenoxy) is 1. The van der Waals surface area contributed by atoms with E-state index in [1.54, 1.807) is 6.92 Å². The zero-order valence-electron chi connectivity index (χ0n) is 10.8. The Labute approximate surface area is 112 Å². The maximum absolute atomic E-state index is 10.9. The Kier molecular flexibility index (Phi) is 4.67. The molecule has 0 bridgehead atoms. The van der Waals surface area contributed by atoms with Crippen LogP contribution in [0.15, 0.2) is 12.1 Å². The Morgan fingerprint density at radius 1 is 1.33 bits per heavy atom. The van der Waals surface area contributed by atoms with Crippen LogP contribution in [0.2, 0.25) is 0 Å². The molecule has 0 heterocycles. The second-order valence-electron chi connectivity index (χ2n) is 4.42. The second kappa shape index (κ2) is 5.82. The van der Waals surface area contributed by atoms with E-state index < -0.39 is 0 Å². The number of hydrogen-bond donors (Lipinski definition) is 2. The van der Waals surface area contributed by atoms with Gasteiger partial charge in [0.1, 0.15) is 10.7 Å². The van der Waals surface area contributed by atoms with Crippen molar-refractivity contribution >= 4 is 23.1 Å². The van der Waals surface area contributed by atoms with Crippen LogP contribution < -0.4 is 16.2 Å². The van der Waals surface area contributed by atoms with Crippen molar-refractivity contribution in [1.29, 1.82) is 0 Å². The third-order valence-electron chi connectivity index (χ3n) is 2.71. The number of thiocarbonyl (C=S) groups is 1. The molecule has 0 aromatic heterocycles. The van der Waals surface area contributed by atoms with Gasteiger partial charge < -0.3 is 16.2 Å². The smallest absolute Gasteiger partial charge is 0.223 e. The molecule has 0 fully saturated rings. The van der Waals surface area contributed by atoms with Gasteiger partial charge in [0.05, 0.1) is 12.5 Å². The number of hydrogen-bond acceptors (Lipinski definition) is 3. The minimum absolute atomic E-state index is 0.267. The fourth-order valence-corrected chi connectivity index (χ4v) is 1.73. The molecule has 0 saturated heterocycles. The van der Waals surface area contributed by atoms with Crippen LogP contribution in [0.5, 0.6) is 5.75 Å². The van der Waals surface area contributed by atoms with Gasteiger partial charge in [-0.25, -0.2) is 0 Å². The summed E-state index contributed by atoms with van der Waals surface area (Å²) in [5.74, 6) is 0.0622. The Morgan fingerprint density at radius 3 is 2.22 bits per heavy atom. The highest BCUT2D eigenvalue weighted by Gasteiger charge is 2.12. The first-order valence-corrected chi connectivity index (χ1v) is 6.07. The lowest BCUT2D eigenvalue weighted by Crippen LogP contribution is -2.26. The van der Waals surface area contributed by atoms with Crippen LogP contribution in [0.3, 0.4) is 0 Å². The average Bonchev–Trinajstić information content (AvgIpc) is 2.26. The highest BCUT2D eigenvalue weighted by molar-refractivity contribution is 7.80. The number of aryl methyl sites for hydroxylation is 2. The third-order valence-corrected chi connectivity index (χ3v) is 2.94. The monoisotopic (exact) mass is 266 g/mol. The van der Waals surface area contributed by atoms with Crippen molar-refractivity contribution in [2.75, 3.05) is 6.61 Å². The van der Waals surface area contributed by atoms with Crippen LogP contribution in [0.4, 0.5) is 0 Å². The molecule has 5 heteroatoms. The van der Waals surface area contributed by atoms with E-state index in [2.05, 4.69) is 0 Å². The van der Waals surface area contributed by atoms with Gasteiger partial charge in [0, 0.05) is 5.56 Å². The van der Waals surface area contributed by atoms with Crippen LogP contribution in [0.1, 0.15) is 23.6 Å². The minimum Gasteiger partial charge on any atom is -0.492 e. The fourth-order valence-electron chi connectivity index (χ4n) is 1.61. The van der Waals surface area contributed by atoms with Crippen LogP contribution >= 0.6 is 12.2 Å². The third kappa shape index (κ3) is 3.43. The predicted molar refractivity (Wildman–Crippen MR) is 75.7 cm³/mol. The molecule has 0 aliphatic heterocycles. The van der Waals surface area contributed by atoms with Gasteiger partial charge in [0.15, 0.2) is 0 Å². The summed E-state index contributed by atoms with van der Waals surface area (Å²) in [5.41, 5.74) is 13.5. The number of rotatable bonds is 5. The van der Waals surface area contributed by atoms with Gasteiger partial charge >= 0.3 is 0 Å². The molecule has 18 heavy (non-hydrogen) atoms. The number of primary amides is 1. The van der Waals surface area contributed by atoms with E-state index in [-0.39, 0.29) is 18.4 Å². The molecule has 1 aromatic carbocycles. The van der Waals surface area contributed by atoms with Crippen molar-refractivity contribution in [2.45, 2.75) is 20.8 Å². The summed E-state index contributed by atoms with van der Waals surface area (Å²) >= 11 is 4.94. The summed E-state index contributed by atoms with van der Waals surface area (Å²) in [5, 5.41) is 0. The van der Waals surface area contributed by atoms with E-state index in [9.17, 15) is 4.79 Å². The summed E-state index contributed by atoms with van der Waals surface area (Å²) < 4.78 is 5.64. The highest BCUT2D eigenvalue weighted by atomic mass is 32.1. The molecule has 0 radical (unpaired) electrons. The number of amides is 1. The molecule has 0 aliphatic carbocycles. The fraction of sp³-hybridized carbons (Fsp3) is 0.385. The van der Waals surface area contributed by atoms with E-state index in [1.807, 2.05) is 26.0 Å². The van der Waals surface area contributed by atoms with Crippen molar-refractivity contribution in [3.8, 4) is 5.75 Å². The molecule has 1 rings (SSSR count). The van der Waals surface area contributed by atoms with E-state index in [4.69, 9.17) is 28.4 Å². The Morgan fingerprint density at radius 2 is 1.83 bits per heavy atom. The summed E-state index contributed by atoms with van der Waals surface area (Å²) in [6, 6.07) is 3.75. The quantitative estimate of drug-likeness (QED) is 0.790. The van der Waals surface area contributed by atoms with Crippen LogP contribution in [0.25, 0.3) is 0 Å². The lowest BCUT2D eigenvalue weighted by molar-refractivity contribution is -0.122. The predicted octanol–water partition coefficient (Wildman–Crippen LogP) is 1.44. The molecular formula is C13H18N2O2S. The van der Waals surface area contributed by atoms with E-state index in [0.717, 1.165) is 22.4 Å². The number of carbonyl (C=O) groups excluding carboxylic acids is 1. The van der Waals surface area contributed by atoms with Crippen molar-refractivity contribution in [3.05, 3.63) is 28.8 Å². The zero-order chi connectivity index (χ0) is 13.9. The Bertz CT molecular complexity index is 463. The van der Waals surface area contributed by atoms with Crippen molar-refractivity contribution in [2.24, 2.45) is 17.4 Å². The molecule has 4 N–H and O–H groups in total. The van der Waals surface area contributed by atoms with Crippen LogP contribution in [-0.2, 0) is 4.79 Å². The van der Waals surface area contributed by atoms with Gasteiger partial charge in [-0.1, -0.05) is 19.1 Å². The maximum atomic E-state index is 10.9. The molecule has 98 valence electrons. The van der Waals surface area contributed by atoms with Crippen molar-refractivity contribution in [3.63, 3.8) is 0 Å². The molecule has 1 amide bonds. The van der Waals surface area contributed by atoms with Gasteiger partial charge in [-0.3, -0.25) is 4.79 Å². The van der Waals surface area contributed by atoms with Gasteiger partial charge in [-0.2, -0.15) is 0 Å². The minimum atomic E-state index is -0.370. The van der Waals surface area contributed by atoms with Crippen LogP contribution in [0, 0.1) is 19.8 Å². The SMILES string of the molecule is Cc1cc(C(N)=S)cc(C)c1OCC(C)C(N)=O. The number of benzene rings is 1. The van der Waals surface area contributed by atoms with Gasteiger partial charge in [0.25, 0.3) is 0 Å². The van der Waals surface area contributed by atoms with Gasteiger partial charge in [-0.15, -0.1) is 0 Å². The first-order chi connectivity index (χ1) is 8.32. The van der Waals surface area contributed by atoms with E-state index in [1.165, 1.54) is 0 Å². The highest BCUT2D eigenvalue weighted by Crippen LogP contribution is 2.25. The molecule has 1 atom stereocenters. The lowest BCUT2D eigenvalue weighted by Gasteiger charge is -2.15. The lowest BCUT2D eigenvalue weighted by atomic mass is 10.1. The topological polar surface area (TPSA) is 78.3 Å². The first kappa shape index (κ1) is 14.4. The van der Waals surface area contributed by atoms with Gasteiger partial charge in [0.2, 0.25) is 5.91 Å². The first-order valence-electron chi connectivity index (χ1n) is 5.66. The maximum Gasteiger partial charge on any atom is 0.223 e. The molecule has 0 saturated carbocycles. The molecular weight excluding hydrogens is 248 g/mol. The Balaban J connectivity index is 2.90. The summed E-state index contributed by atoms with van der Waals surface area (Å²) in [7, 11) is 0. The average molecular weight is 266 g/mol. The van der Waals surface area contributed by atoms with Gasteiger partial charge in [-0.05, 0) is 37.1 Å². The van der Waals surface area contributed by atoms with Crippen LogP contribution in [-0.4, -0.2) is 17.5 Å². The summed E-state index contributed by atoms with van der Waals surface area (Å²) in [6.07, 6.45) is 0. The number of nitrogens with two attached hydrogens (primary N) is 2. The molecule has 1 aromatic rings. The van der Waals surface area contributed by atoms with E-state index >= 15 is 0 Å². The summed E-state index contributed by atoms with van der Waals surface area (Å²) in [4.78, 5) is 11.3. The molecule has 0 aliphatic rings. The Hall–Kier alpha value is -1.62. The normalized spacial score (nSPS) is 11.9. The van der Waals surface area contributed by atoms with Crippen molar-refractivity contribution in [1.82, 2.24) is 0 Å². The second-order valence-corrected chi connectivity index (χ2v) is 4.86. The largest absolute Gasteiger partial charge is 0.492 e. The molecule has 1 unspecified atom stereocenters. The summed E-state index contributed by atoms with van der Waals surface area (Å²) in [6.45, 7) is 5.83. The molecule has 0 spiro atoms. The standard InChI is InChI=1S/C13H18N2O2S/c1-7-4-10(13(15)18)5-8(2)11(7)17-6-9(3)12(14)16/h4-5,9H,6H2,1-3H3,(H2,14,16)(H2,15,18). The molecule has 4 nitrogen and oxygen atoms in total. The zero-order valence-corrected chi connectivity index (χ0v) is 11.6.